The molecule has 0 radical (unpaired) electrons. The van der Waals surface area contributed by atoms with Gasteiger partial charge in [0.1, 0.15) is 5.76 Å². The lowest BCUT2D eigenvalue weighted by atomic mass is 10.0. The third-order valence-corrected chi connectivity index (χ3v) is 5.10. The molecular weight excluding hydrogens is 288 g/mol. The van der Waals surface area contributed by atoms with Crippen molar-refractivity contribution < 1.29 is 12.8 Å². The van der Waals surface area contributed by atoms with E-state index in [0.29, 0.717) is 18.3 Å². The quantitative estimate of drug-likeness (QED) is 0.761. The molecule has 0 fully saturated rings. The number of hydrogen-bond donors (Lipinski definition) is 1. The summed E-state index contributed by atoms with van der Waals surface area (Å²) < 4.78 is 30.4. The topological polar surface area (TPSA) is 62.6 Å². The van der Waals surface area contributed by atoms with Crippen molar-refractivity contribution >= 4 is 10.0 Å². The van der Waals surface area contributed by atoms with Crippen LogP contribution >= 0.6 is 0 Å². The minimum atomic E-state index is -3.48. The molecule has 1 aromatic rings. The van der Waals surface area contributed by atoms with Gasteiger partial charge in [-0.25, -0.2) is 12.7 Å². The molecule has 1 atom stereocenters. The lowest BCUT2D eigenvalue weighted by Crippen LogP contribution is -2.25. The molecule has 0 saturated heterocycles. The van der Waals surface area contributed by atoms with Crippen LogP contribution in [0, 0.1) is 5.92 Å². The highest BCUT2D eigenvalue weighted by Crippen LogP contribution is 2.17. The van der Waals surface area contributed by atoms with Crippen LogP contribution in [0.5, 0.6) is 0 Å². The van der Waals surface area contributed by atoms with Gasteiger partial charge in [-0.2, -0.15) is 0 Å². The van der Waals surface area contributed by atoms with Crippen molar-refractivity contribution in [1.29, 1.82) is 0 Å². The Bertz CT molecular complexity index is 521. The fraction of sp³-hybridized carbons (Fsp3) is 0.733. The summed E-state index contributed by atoms with van der Waals surface area (Å²) in [6.07, 6.45) is 3.55. The third kappa shape index (κ3) is 5.80. The van der Waals surface area contributed by atoms with Crippen molar-refractivity contribution in [3.63, 3.8) is 0 Å². The highest BCUT2D eigenvalue weighted by atomic mass is 32.2. The second-order valence-electron chi connectivity index (χ2n) is 6.11. The SMILES string of the molecule is CC(C)CCCC(C)NCc1ccc(S(=O)(=O)N(C)C)o1. The van der Waals surface area contributed by atoms with Crippen molar-refractivity contribution in [1.82, 2.24) is 9.62 Å². The molecule has 0 aliphatic carbocycles. The first-order valence-electron chi connectivity index (χ1n) is 7.48. The van der Waals surface area contributed by atoms with Gasteiger partial charge in [-0.1, -0.05) is 26.7 Å². The molecule has 1 N–H and O–H groups in total. The highest BCUT2D eigenvalue weighted by molar-refractivity contribution is 7.88. The molecule has 0 amide bonds. The fourth-order valence-electron chi connectivity index (χ4n) is 1.98. The third-order valence-electron chi connectivity index (χ3n) is 3.42. The normalized spacial score (nSPS) is 14.0. The summed E-state index contributed by atoms with van der Waals surface area (Å²) in [4.78, 5) is 0. The van der Waals surface area contributed by atoms with Crippen LogP contribution < -0.4 is 5.32 Å². The molecule has 21 heavy (non-hydrogen) atoms. The zero-order valence-electron chi connectivity index (χ0n) is 13.7. The first-order valence-corrected chi connectivity index (χ1v) is 8.92. The number of furan rings is 1. The lowest BCUT2D eigenvalue weighted by Gasteiger charge is -2.13. The van der Waals surface area contributed by atoms with Gasteiger partial charge >= 0.3 is 0 Å². The Hall–Kier alpha value is -0.850. The molecule has 0 saturated carbocycles. The summed E-state index contributed by atoms with van der Waals surface area (Å²) in [5, 5.41) is 3.36. The molecule has 1 heterocycles. The van der Waals surface area contributed by atoms with Crippen LogP contribution in [-0.2, 0) is 16.6 Å². The van der Waals surface area contributed by atoms with E-state index < -0.39 is 10.0 Å². The zero-order valence-corrected chi connectivity index (χ0v) is 14.5. The maximum atomic E-state index is 11.9. The van der Waals surface area contributed by atoms with Crippen molar-refractivity contribution in [2.45, 2.75) is 57.7 Å². The zero-order chi connectivity index (χ0) is 16.0. The lowest BCUT2D eigenvalue weighted by molar-refractivity contribution is 0.374. The molecular formula is C15H28N2O3S. The second kappa shape index (κ2) is 7.96. The second-order valence-corrected chi connectivity index (χ2v) is 8.20. The van der Waals surface area contributed by atoms with Gasteiger partial charge in [0.25, 0.3) is 10.0 Å². The summed E-state index contributed by atoms with van der Waals surface area (Å²) in [5.41, 5.74) is 0. The Morgan fingerprint density at radius 1 is 1.19 bits per heavy atom. The van der Waals surface area contributed by atoms with Crippen molar-refractivity contribution in [2.75, 3.05) is 14.1 Å². The minimum absolute atomic E-state index is 0.00300. The summed E-state index contributed by atoms with van der Waals surface area (Å²) in [7, 11) is -0.494. The first-order chi connectivity index (χ1) is 9.73. The Balaban J connectivity index is 2.45. The average Bonchev–Trinajstić information content (AvgIpc) is 2.85. The Morgan fingerprint density at radius 2 is 1.86 bits per heavy atom. The first kappa shape index (κ1) is 18.2. The molecule has 1 unspecified atom stereocenters. The van der Waals surface area contributed by atoms with Gasteiger partial charge in [0.15, 0.2) is 0 Å². The van der Waals surface area contributed by atoms with Crippen LogP contribution in [0.2, 0.25) is 0 Å². The Labute approximate surface area is 128 Å². The van der Waals surface area contributed by atoms with E-state index in [4.69, 9.17) is 4.42 Å². The molecule has 1 aromatic heterocycles. The molecule has 122 valence electrons. The largest absolute Gasteiger partial charge is 0.447 e. The molecule has 0 aliphatic rings. The Kier molecular flexibility index (Phi) is 6.90. The molecule has 1 rings (SSSR count). The average molecular weight is 316 g/mol. The minimum Gasteiger partial charge on any atom is -0.447 e. The van der Waals surface area contributed by atoms with Gasteiger partial charge in [0.2, 0.25) is 5.09 Å². The standard InChI is InChI=1S/C15H28N2O3S/c1-12(2)7-6-8-13(3)16-11-14-9-10-15(20-14)21(18,19)17(4)5/h9-10,12-13,16H,6-8,11H2,1-5H3. The molecule has 0 aliphatic heterocycles. The van der Waals surface area contributed by atoms with Crippen LogP contribution in [0.4, 0.5) is 0 Å². The Morgan fingerprint density at radius 3 is 2.43 bits per heavy atom. The fourth-order valence-corrected chi connectivity index (χ4v) is 2.79. The van der Waals surface area contributed by atoms with E-state index in [1.54, 1.807) is 6.07 Å². The van der Waals surface area contributed by atoms with E-state index in [2.05, 4.69) is 26.1 Å². The van der Waals surface area contributed by atoms with Gasteiger partial charge in [-0.15, -0.1) is 0 Å². The highest BCUT2D eigenvalue weighted by Gasteiger charge is 2.21. The van der Waals surface area contributed by atoms with Crippen LogP contribution in [-0.4, -0.2) is 32.9 Å². The van der Waals surface area contributed by atoms with Gasteiger partial charge < -0.3 is 9.73 Å². The maximum absolute atomic E-state index is 11.9. The number of nitrogens with zero attached hydrogens (tertiary/aromatic N) is 1. The van der Waals surface area contributed by atoms with E-state index in [0.717, 1.165) is 16.6 Å². The van der Waals surface area contributed by atoms with Crippen molar-refractivity contribution in [3.8, 4) is 0 Å². The predicted molar refractivity (Wildman–Crippen MR) is 84.6 cm³/mol. The summed E-state index contributed by atoms with van der Waals surface area (Å²) in [6, 6.07) is 3.61. The molecule has 0 spiro atoms. The van der Waals surface area contributed by atoms with E-state index in [1.165, 1.54) is 33.0 Å². The van der Waals surface area contributed by atoms with E-state index in [9.17, 15) is 8.42 Å². The smallest absolute Gasteiger partial charge is 0.275 e. The van der Waals surface area contributed by atoms with Crippen LogP contribution in [0.15, 0.2) is 21.6 Å². The van der Waals surface area contributed by atoms with E-state index >= 15 is 0 Å². The number of sulfonamides is 1. The predicted octanol–water partition coefficient (Wildman–Crippen LogP) is 2.83. The number of hydrogen-bond acceptors (Lipinski definition) is 4. The number of rotatable bonds is 9. The van der Waals surface area contributed by atoms with Gasteiger partial charge in [-0.3, -0.25) is 0 Å². The molecule has 0 aromatic carbocycles. The molecule has 6 heteroatoms. The van der Waals surface area contributed by atoms with Crippen LogP contribution in [0.3, 0.4) is 0 Å². The molecule has 0 bridgehead atoms. The van der Waals surface area contributed by atoms with Crippen molar-refractivity contribution in [2.24, 2.45) is 5.92 Å². The van der Waals surface area contributed by atoms with E-state index in [1.807, 2.05) is 0 Å². The summed E-state index contributed by atoms with van der Waals surface area (Å²) >= 11 is 0. The molecule has 5 nitrogen and oxygen atoms in total. The van der Waals surface area contributed by atoms with Gasteiger partial charge in [0, 0.05) is 20.1 Å². The maximum Gasteiger partial charge on any atom is 0.275 e. The summed E-state index contributed by atoms with van der Waals surface area (Å²) in [6.45, 7) is 7.15. The number of nitrogens with one attached hydrogen (secondary N) is 1. The van der Waals surface area contributed by atoms with Crippen LogP contribution in [0.1, 0.15) is 45.8 Å². The monoisotopic (exact) mass is 316 g/mol. The summed E-state index contributed by atoms with van der Waals surface area (Å²) in [5.74, 6) is 1.38. The van der Waals surface area contributed by atoms with E-state index in [-0.39, 0.29) is 5.09 Å². The van der Waals surface area contributed by atoms with Crippen LogP contribution in [0.25, 0.3) is 0 Å². The van der Waals surface area contributed by atoms with Gasteiger partial charge in [0.05, 0.1) is 6.54 Å². The van der Waals surface area contributed by atoms with Crippen molar-refractivity contribution in [3.05, 3.63) is 17.9 Å². The van der Waals surface area contributed by atoms with Gasteiger partial charge in [-0.05, 0) is 31.4 Å².